The molecule has 0 bridgehead atoms. The van der Waals surface area contributed by atoms with E-state index in [-0.39, 0.29) is 11.5 Å². The topological polar surface area (TPSA) is 48.7 Å². The van der Waals surface area contributed by atoms with E-state index < -0.39 is 5.82 Å². The second kappa shape index (κ2) is 6.23. The van der Waals surface area contributed by atoms with Crippen molar-refractivity contribution in [1.82, 2.24) is 4.98 Å². The molecule has 0 fully saturated rings. The lowest BCUT2D eigenvalue weighted by molar-refractivity contribution is 0.623. The Hall–Kier alpha value is -1.93. The summed E-state index contributed by atoms with van der Waals surface area (Å²) in [5, 5.41) is 12.3. The fourth-order valence-electron chi connectivity index (χ4n) is 2.10. The number of pyridine rings is 1. The zero-order valence-corrected chi connectivity index (χ0v) is 13.6. The minimum absolute atomic E-state index is 0.00356. The van der Waals surface area contributed by atoms with E-state index in [4.69, 9.17) is 5.26 Å². The second-order valence-corrected chi connectivity index (χ2v) is 6.01. The van der Waals surface area contributed by atoms with Gasteiger partial charge in [0.15, 0.2) is 0 Å². The van der Waals surface area contributed by atoms with Gasteiger partial charge in [0.1, 0.15) is 17.4 Å². The Morgan fingerprint density at radius 1 is 1.38 bits per heavy atom. The fourth-order valence-corrected chi connectivity index (χ4v) is 2.53. The highest BCUT2D eigenvalue weighted by Gasteiger charge is 2.15. The number of aromatic nitrogens is 1. The monoisotopic (exact) mass is 347 g/mol. The van der Waals surface area contributed by atoms with Crippen LogP contribution in [0.1, 0.15) is 36.6 Å². The van der Waals surface area contributed by atoms with Gasteiger partial charge in [-0.2, -0.15) is 5.26 Å². The molecule has 0 saturated heterocycles. The maximum atomic E-state index is 13.9. The van der Waals surface area contributed by atoms with Gasteiger partial charge < -0.3 is 5.32 Å². The molecule has 1 aromatic carbocycles. The number of rotatable bonds is 3. The molecular formula is C16H15BrFN3. The average Bonchev–Trinajstić information content (AvgIpc) is 2.40. The van der Waals surface area contributed by atoms with Crippen LogP contribution in [0.15, 0.2) is 28.9 Å². The molecular weight excluding hydrogens is 333 g/mol. The number of nitriles is 1. The predicted octanol–water partition coefficient (Wildman–Crippen LogP) is 5.03. The quantitative estimate of drug-likeness (QED) is 0.846. The molecule has 2 aromatic rings. The van der Waals surface area contributed by atoms with Gasteiger partial charge in [0.2, 0.25) is 0 Å². The largest absolute Gasteiger partial charge is 0.353 e. The van der Waals surface area contributed by atoms with E-state index in [1.807, 2.05) is 32.9 Å². The Labute approximate surface area is 132 Å². The molecule has 0 spiro atoms. The molecule has 21 heavy (non-hydrogen) atoms. The minimum atomic E-state index is -0.554. The molecule has 0 saturated carbocycles. The third-order valence-electron chi connectivity index (χ3n) is 3.16. The van der Waals surface area contributed by atoms with Gasteiger partial charge >= 0.3 is 0 Å². The van der Waals surface area contributed by atoms with Crippen LogP contribution in [-0.2, 0) is 0 Å². The van der Waals surface area contributed by atoms with Crippen LogP contribution in [0.5, 0.6) is 0 Å². The highest BCUT2D eigenvalue weighted by Crippen LogP contribution is 2.32. The third-order valence-corrected chi connectivity index (χ3v) is 3.62. The Balaban J connectivity index is 2.56. The lowest BCUT2D eigenvalue weighted by atomic mass is 10.0. The van der Waals surface area contributed by atoms with Crippen LogP contribution in [0.25, 0.3) is 0 Å². The van der Waals surface area contributed by atoms with Crippen molar-refractivity contribution in [3.63, 3.8) is 0 Å². The molecule has 0 aliphatic rings. The van der Waals surface area contributed by atoms with Crippen molar-refractivity contribution in [2.75, 3.05) is 5.32 Å². The Bertz CT molecular complexity index is 720. The Morgan fingerprint density at radius 3 is 2.71 bits per heavy atom. The molecule has 1 N–H and O–H groups in total. The van der Waals surface area contributed by atoms with Crippen molar-refractivity contribution in [2.24, 2.45) is 0 Å². The molecule has 0 atom stereocenters. The van der Waals surface area contributed by atoms with E-state index >= 15 is 0 Å². The van der Waals surface area contributed by atoms with Crippen LogP contribution in [0.2, 0.25) is 0 Å². The SMILES string of the molecule is Cc1ccnc(C(C)C)c1Nc1cc(Br)cc(F)c1C#N. The summed E-state index contributed by atoms with van der Waals surface area (Å²) in [6.45, 7) is 6.04. The van der Waals surface area contributed by atoms with Crippen molar-refractivity contribution in [2.45, 2.75) is 26.7 Å². The number of nitrogens with one attached hydrogen (secondary N) is 1. The number of hydrogen-bond donors (Lipinski definition) is 1. The molecule has 3 nitrogen and oxygen atoms in total. The number of halogens is 2. The third kappa shape index (κ3) is 3.22. The van der Waals surface area contributed by atoms with E-state index in [9.17, 15) is 4.39 Å². The van der Waals surface area contributed by atoms with E-state index in [1.54, 1.807) is 12.3 Å². The first-order chi connectivity index (χ1) is 9.93. The zero-order chi connectivity index (χ0) is 15.6. The van der Waals surface area contributed by atoms with Crippen molar-refractivity contribution in [1.29, 1.82) is 5.26 Å². The van der Waals surface area contributed by atoms with Gasteiger partial charge in [-0.1, -0.05) is 29.8 Å². The minimum Gasteiger partial charge on any atom is -0.353 e. The number of anilines is 2. The van der Waals surface area contributed by atoms with Gasteiger partial charge in [0.05, 0.1) is 17.1 Å². The highest BCUT2D eigenvalue weighted by atomic mass is 79.9. The van der Waals surface area contributed by atoms with Crippen molar-refractivity contribution < 1.29 is 4.39 Å². The second-order valence-electron chi connectivity index (χ2n) is 5.09. The molecule has 5 heteroatoms. The molecule has 0 aliphatic carbocycles. The first-order valence-electron chi connectivity index (χ1n) is 6.55. The summed E-state index contributed by atoms with van der Waals surface area (Å²) >= 11 is 3.25. The molecule has 0 amide bonds. The molecule has 1 heterocycles. The van der Waals surface area contributed by atoms with Crippen LogP contribution in [-0.4, -0.2) is 4.98 Å². The molecule has 0 unspecified atom stereocenters. The molecule has 0 aliphatic heterocycles. The van der Waals surface area contributed by atoms with Crippen LogP contribution in [0.3, 0.4) is 0 Å². The van der Waals surface area contributed by atoms with Crippen LogP contribution in [0, 0.1) is 24.1 Å². The van der Waals surface area contributed by atoms with Crippen LogP contribution in [0.4, 0.5) is 15.8 Å². The summed E-state index contributed by atoms with van der Waals surface area (Å²) in [7, 11) is 0. The van der Waals surface area contributed by atoms with Crippen LogP contribution >= 0.6 is 15.9 Å². The maximum absolute atomic E-state index is 13.9. The number of nitrogens with zero attached hydrogens (tertiary/aromatic N) is 2. The summed E-state index contributed by atoms with van der Waals surface area (Å²) in [5.74, 6) is -0.336. The van der Waals surface area contributed by atoms with Crippen molar-refractivity contribution >= 4 is 27.3 Å². The van der Waals surface area contributed by atoms with Crippen molar-refractivity contribution in [3.8, 4) is 6.07 Å². The molecule has 0 radical (unpaired) electrons. The molecule has 108 valence electrons. The van der Waals surface area contributed by atoms with Gasteiger partial charge in [-0.25, -0.2) is 4.39 Å². The van der Waals surface area contributed by atoms with Crippen molar-refractivity contribution in [3.05, 3.63) is 51.5 Å². The zero-order valence-electron chi connectivity index (χ0n) is 12.0. The smallest absolute Gasteiger partial charge is 0.144 e. The van der Waals surface area contributed by atoms with Gasteiger partial charge in [-0.05, 0) is 36.6 Å². The lowest BCUT2D eigenvalue weighted by Crippen LogP contribution is -2.04. The van der Waals surface area contributed by atoms with E-state index in [2.05, 4.69) is 26.2 Å². The highest BCUT2D eigenvalue weighted by molar-refractivity contribution is 9.10. The first kappa shape index (κ1) is 15.5. The summed E-state index contributed by atoms with van der Waals surface area (Å²) in [6, 6.07) is 6.76. The predicted molar refractivity (Wildman–Crippen MR) is 85.2 cm³/mol. The normalized spacial score (nSPS) is 10.5. The number of aryl methyl sites for hydroxylation is 1. The number of benzene rings is 1. The average molecular weight is 348 g/mol. The van der Waals surface area contributed by atoms with Gasteiger partial charge in [0.25, 0.3) is 0 Å². The number of hydrogen-bond acceptors (Lipinski definition) is 3. The Morgan fingerprint density at radius 2 is 2.10 bits per heavy atom. The standard InChI is InChI=1S/C16H15BrFN3/c1-9(2)15-16(10(3)4-5-20-15)21-14-7-11(17)6-13(18)12(14)8-19/h4-7,9,21H,1-3H3. The summed E-state index contributed by atoms with van der Waals surface area (Å²) in [6.07, 6.45) is 1.75. The summed E-state index contributed by atoms with van der Waals surface area (Å²) in [5.41, 5.74) is 3.14. The van der Waals surface area contributed by atoms with E-state index in [0.717, 1.165) is 16.9 Å². The summed E-state index contributed by atoms with van der Waals surface area (Å²) in [4.78, 5) is 4.38. The fraction of sp³-hybridized carbons (Fsp3) is 0.250. The summed E-state index contributed by atoms with van der Waals surface area (Å²) < 4.78 is 14.4. The first-order valence-corrected chi connectivity index (χ1v) is 7.35. The maximum Gasteiger partial charge on any atom is 0.144 e. The van der Waals surface area contributed by atoms with Gasteiger partial charge in [0, 0.05) is 10.7 Å². The molecule has 2 rings (SSSR count). The van der Waals surface area contributed by atoms with E-state index in [1.165, 1.54) is 6.07 Å². The van der Waals surface area contributed by atoms with E-state index in [0.29, 0.717) is 10.2 Å². The Kier molecular flexibility index (Phi) is 4.59. The molecule has 1 aromatic heterocycles. The lowest BCUT2D eigenvalue weighted by Gasteiger charge is -2.17. The van der Waals surface area contributed by atoms with Gasteiger partial charge in [-0.3, -0.25) is 4.98 Å². The van der Waals surface area contributed by atoms with Crippen LogP contribution < -0.4 is 5.32 Å². The van der Waals surface area contributed by atoms with Gasteiger partial charge in [-0.15, -0.1) is 0 Å².